The maximum Gasteiger partial charge on any atom is 0.416 e. The summed E-state index contributed by atoms with van der Waals surface area (Å²) in [6, 6.07) is 14.5. The number of nitrogens with zero attached hydrogens (tertiary/aromatic N) is 1. The Kier molecular flexibility index (Phi) is 7.60. The molecule has 1 fully saturated rings. The minimum atomic E-state index is -4.46. The minimum absolute atomic E-state index is 0.0581. The van der Waals surface area contributed by atoms with Crippen molar-refractivity contribution in [3.05, 3.63) is 71.3 Å². The number of alkyl halides is 4. The first-order valence-electron chi connectivity index (χ1n) is 9.96. The van der Waals surface area contributed by atoms with E-state index in [0.717, 1.165) is 47.8 Å². The predicted octanol–water partition coefficient (Wildman–Crippen LogP) is 6.73. The lowest BCUT2D eigenvalue weighted by atomic mass is 9.83. The van der Waals surface area contributed by atoms with Crippen molar-refractivity contribution in [2.24, 2.45) is 5.92 Å². The maximum atomic E-state index is 13.3. The Bertz CT molecular complexity index is 801. The van der Waals surface area contributed by atoms with Crippen LogP contribution in [0.1, 0.15) is 53.6 Å². The molecule has 0 heterocycles. The lowest BCUT2D eigenvalue weighted by Crippen LogP contribution is -2.42. The quantitative estimate of drug-likeness (QED) is 0.309. The van der Waals surface area contributed by atoms with Crippen LogP contribution in [0.2, 0.25) is 0 Å². The van der Waals surface area contributed by atoms with Crippen molar-refractivity contribution >= 4 is 28.5 Å². The number of benzene rings is 2. The average Bonchev–Trinajstić information content (AvgIpc) is 2.73. The van der Waals surface area contributed by atoms with Crippen molar-refractivity contribution in [2.75, 3.05) is 4.43 Å². The zero-order valence-electron chi connectivity index (χ0n) is 16.2. The molecule has 0 aliphatic heterocycles. The molecule has 0 spiro atoms. The molecule has 1 aliphatic carbocycles. The molecule has 29 heavy (non-hydrogen) atoms. The van der Waals surface area contributed by atoms with Gasteiger partial charge in [-0.15, -0.1) is 0 Å². The standard InChI is InChI=1S/C23H25F3INO/c24-23(25,26)20-8-4-7-19(15-20)22(29)28(16-18-5-2-1-3-6-18)21-11-9-17(10-12-21)13-14-27/h1-8,15,17,21H,9-14,16H2. The van der Waals surface area contributed by atoms with Crippen LogP contribution >= 0.6 is 22.6 Å². The number of hydrogen-bond acceptors (Lipinski definition) is 1. The van der Waals surface area contributed by atoms with E-state index in [1.165, 1.54) is 18.6 Å². The minimum Gasteiger partial charge on any atom is -0.331 e. The van der Waals surface area contributed by atoms with E-state index in [9.17, 15) is 18.0 Å². The topological polar surface area (TPSA) is 20.3 Å². The van der Waals surface area contributed by atoms with Crippen LogP contribution in [0, 0.1) is 5.92 Å². The summed E-state index contributed by atoms with van der Waals surface area (Å²) in [5.74, 6) is 0.364. The van der Waals surface area contributed by atoms with Crippen molar-refractivity contribution in [1.29, 1.82) is 0 Å². The van der Waals surface area contributed by atoms with Crippen molar-refractivity contribution in [3.63, 3.8) is 0 Å². The van der Waals surface area contributed by atoms with Crippen LogP contribution < -0.4 is 0 Å². The molecular weight excluding hydrogens is 490 g/mol. The van der Waals surface area contributed by atoms with E-state index in [1.807, 2.05) is 30.3 Å². The molecule has 0 aromatic heterocycles. The number of halogens is 4. The first-order chi connectivity index (χ1) is 13.9. The molecule has 156 valence electrons. The Morgan fingerprint density at radius 1 is 1.00 bits per heavy atom. The number of carbonyl (C=O) groups is 1. The third-order valence-electron chi connectivity index (χ3n) is 5.67. The summed E-state index contributed by atoms with van der Waals surface area (Å²) in [6.45, 7) is 0.414. The van der Waals surface area contributed by atoms with Gasteiger partial charge in [0.05, 0.1) is 5.56 Å². The second-order valence-electron chi connectivity index (χ2n) is 7.65. The molecule has 6 heteroatoms. The Hall–Kier alpha value is -1.57. The zero-order chi connectivity index (χ0) is 20.9. The highest BCUT2D eigenvalue weighted by Crippen LogP contribution is 2.33. The molecule has 3 rings (SSSR count). The SMILES string of the molecule is O=C(c1cccc(C(F)(F)F)c1)N(Cc1ccccc1)C1CCC(CCI)CC1. The van der Waals surface area contributed by atoms with Crippen LogP contribution in [0.4, 0.5) is 13.2 Å². The fraction of sp³-hybridized carbons (Fsp3) is 0.435. The van der Waals surface area contributed by atoms with Gasteiger partial charge in [0.1, 0.15) is 0 Å². The lowest BCUT2D eigenvalue weighted by Gasteiger charge is -2.37. The van der Waals surface area contributed by atoms with Gasteiger partial charge >= 0.3 is 6.18 Å². The van der Waals surface area contributed by atoms with Crippen LogP contribution in [0.15, 0.2) is 54.6 Å². The number of hydrogen-bond donors (Lipinski definition) is 0. The summed E-state index contributed by atoms with van der Waals surface area (Å²) in [6.07, 6.45) is 0.660. The van der Waals surface area contributed by atoms with Crippen LogP contribution in [-0.4, -0.2) is 21.3 Å². The Morgan fingerprint density at radius 3 is 2.31 bits per heavy atom. The molecule has 2 aromatic rings. The first-order valence-corrected chi connectivity index (χ1v) is 11.5. The molecule has 0 saturated heterocycles. The van der Waals surface area contributed by atoms with E-state index < -0.39 is 11.7 Å². The summed E-state index contributed by atoms with van der Waals surface area (Å²) in [5.41, 5.74) is 0.307. The summed E-state index contributed by atoms with van der Waals surface area (Å²) >= 11 is 2.39. The highest BCUT2D eigenvalue weighted by molar-refractivity contribution is 14.1. The molecule has 0 unspecified atom stereocenters. The molecular formula is C23H25F3INO. The van der Waals surface area contributed by atoms with Gasteiger partial charge in [0.15, 0.2) is 0 Å². The molecule has 2 aromatic carbocycles. The third kappa shape index (κ3) is 5.96. The van der Waals surface area contributed by atoms with Crippen LogP contribution in [0.3, 0.4) is 0 Å². The van der Waals surface area contributed by atoms with Crippen molar-refractivity contribution in [3.8, 4) is 0 Å². The van der Waals surface area contributed by atoms with Gasteiger partial charge in [-0.1, -0.05) is 59.0 Å². The van der Waals surface area contributed by atoms with Crippen molar-refractivity contribution < 1.29 is 18.0 Å². The first kappa shape index (κ1) is 22.1. The van der Waals surface area contributed by atoms with Crippen molar-refractivity contribution in [1.82, 2.24) is 4.90 Å². The van der Waals surface area contributed by atoms with E-state index in [0.29, 0.717) is 12.5 Å². The van der Waals surface area contributed by atoms with Gasteiger partial charge in [0, 0.05) is 18.2 Å². The van der Waals surface area contributed by atoms with Crippen molar-refractivity contribution in [2.45, 2.75) is 50.9 Å². The summed E-state index contributed by atoms with van der Waals surface area (Å²) in [5, 5.41) is 0. The lowest BCUT2D eigenvalue weighted by molar-refractivity contribution is -0.137. The summed E-state index contributed by atoms with van der Waals surface area (Å²) < 4.78 is 40.5. The summed E-state index contributed by atoms with van der Waals surface area (Å²) in [4.78, 5) is 15.1. The molecule has 1 aliphatic rings. The fourth-order valence-corrected chi connectivity index (χ4v) is 4.92. The fourth-order valence-electron chi connectivity index (χ4n) is 4.04. The van der Waals surface area contributed by atoms with Gasteiger partial charge in [0.2, 0.25) is 0 Å². The normalized spacial score (nSPS) is 19.7. The van der Waals surface area contributed by atoms with Crippen LogP contribution in [-0.2, 0) is 12.7 Å². The van der Waals surface area contributed by atoms with Gasteiger partial charge in [0.25, 0.3) is 5.91 Å². The van der Waals surface area contributed by atoms with Gasteiger partial charge in [-0.05, 0) is 66.2 Å². The third-order valence-corrected chi connectivity index (χ3v) is 6.29. The van der Waals surface area contributed by atoms with Gasteiger partial charge < -0.3 is 4.90 Å². The maximum absolute atomic E-state index is 13.3. The summed E-state index contributed by atoms with van der Waals surface area (Å²) in [7, 11) is 0. The van der Waals surface area contributed by atoms with Gasteiger partial charge in [-0.25, -0.2) is 0 Å². The van der Waals surface area contributed by atoms with Gasteiger partial charge in [-0.3, -0.25) is 4.79 Å². The smallest absolute Gasteiger partial charge is 0.331 e. The number of carbonyl (C=O) groups excluding carboxylic acids is 1. The van der Waals surface area contributed by atoms with E-state index in [2.05, 4.69) is 22.6 Å². The van der Waals surface area contributed by atoms with E-state index in [4.69, 9.17) is 0 Å². The Morgan fingerprint density at radius 2 is 1.69 bits per heavy atom. The molecule has 0 N–H and O–H groups in total. The highest BCUT2D eigenvalue weighted by atomic mass is 127. The zero-order valence-corrected chi connectivity index (χ0v) is 18.3. The van der Waals surface area contributed by atoms with Crippen LogP contribution in [0.5, 0.6) is 0 Å². The monoisotopic (exact) mass is 515 g/mol. The Labute approximate surface area is 183 Å². The van der Waals surface area contributed by atoms with E-state index in [-0.39, 0.29) is 17.5 Å². The number of amides is 1. The molecule has 1 amide bonds. The molecule has 2 nitrogen and oxygen atoms in total. The predicted molar refractivity (Wildman–Crippen MR) is 117 cm³/mol. The van der Waals surface area contributed by atoms with E-state index in [1.54, 1.807) is 4.90 Å². The molecule has 0 atom stereocenters. The van der Waals surface area contributed by atoms with Gasteiger partial charge in [-0.2, -0.15) is 13.2 Å². The average molecular weight is 515 g/mol. The molecule has 0 radical (unpaired) electrons. The second-order valence-corrected chi connectivity index (χ2v) is 8.73. The molecule has 1 saturated carbocycles. The second kappa shape index (κ2) is 9.96. The van der Waals surface area contributed by atoms with Crippen LogP contribution in [0.25, 0.3) is 0 Å². The Balaban J connectivity index is 1.84. The highest BCUT2D eigenvalue weighted by Gasteiger charge is 2.33. The number of rotatable bonds is 6. The molecule has 0 bridgehead atoms. The van der Waals surface area contributed by atoms with E-state index >= 15 is 0 Å². The largest absolute Gasteiger partial charge is 0.416 e.